The molecule has 2 fully saturated rings. The summed E-state index contributed by atoms with van der Waals surface area (Å²) in [6.45, 7) is 1.67. The number of aliphatic hydroxyl groups is 1. The molecule has 134 valence electrons. The first-order valence-corrected chi connectivity index (χ1v) is 7.97. The van der Waals surface area contributed by atoms with Gasteiger partial charge in [0, 0.05) is 23.7 Å². The Morgan fingerprint density at radius 1 is 1.40 bits per heavy atom. The summed E-state index contributed by atoms with van der Waals surface area (Å²) in [6, 6.07) is -0.155. The van der Waals surface area contributed by atoms with E-state index in [0.717, 1.165) is 0 Å². The number of hydrogen-bond acceptors (Lipinski definition) is 8. The highest BCUT2D eigenvalue weighted by Gasteiger charge is 2.74. The largest absolute Gasteiger partial charge is 0.492 e. The van der Waals surface area contributed by atoms with E-state index in [9.17, 15) is 19.5 Å². The molecule has 1 unspecified atom stereocenters. The third-order valence-corrected chi connectivity index (χ3v) is 5.80. The summed E-state index contributed by atoms with van der Waals surface area (Å²) < 4.78 is 10.0. The lowest BCUT2D eigenvalue weighted by atomic mass is 9.83. The van der Waals surface area contributed by atoms with E-state index >= 15 is 0 Å². The van der Waals surface area contributed by atoms with Crippen molar-refractivity contribution in [3.63, 3.8) is 0 Å². The van der Waals surface area contributed by atoms with Gasteiger partial charge in [0.25, 0.3) is 0 Å². The number of likely N-dealkylation sites (N-methyl/N-ethyl adjacent to an activating group) is 1. The molecule has 2 saturated heterocycles. The molecule has 0 bridgehead atoms. The van der Waals surface area contributed by atoms with Crippen LogP contribution in [0.3, 0.4) is 0 Å². The first kappa shape index (κ1) is 16.1. The monoisotopic (exact) mass is 349 g/mol. The zero-order valence-corrected chi connectivity index (χ0v) is 14.1. The highest BCUT2D eigenvalue weighted by atomic mass is 16.5. The van der Waals surface area contributed by atoms with Gasteiger partial charge in [-0.2, -0.15) is 0 Å². The quantitative estimate of drug-likeness (QED) is 0.477. The summed E-state index contributed by atoms with van der Waals surface area (Å²) in [5.41, 5.74) is 4.09. The van der Waals surface area contributed by atoms with E-state index in [1.807, 2.05) is 11.9 Å². The van der Waals surface area contributed by atoms with Crippen LogP contribution in [0.5, 0.6) is 0 Å². The molecule has 4 aliphatic rings. The van der Waals surface area contributed by atoms with Crippen LogP contribution >= 0.6 is 0 Å². The number of methoxy groups -OCH3 is 1. The number of hydrogen-bond donors (Lipinski definition) is 2. The molecule has 3 heterocycles. The van der Waals surface area contributed by atoms with Crippen molar-refractivity contribution in [1.82, 2.24) is 9.80 Å². The van der Waals surface area contributed by atoms with Crippen molar-refractivity contribution in [2.45, 2.75) is 24.7 Å². The number of nitrogens with zero attached hydrogens (tertiary/aromatic N) is 2. The second kappa shape index (κ2) is 4.83. The number of piperazine rings is 1. The van der Waals surface area contributed by atoms with E-state index in [2.05, 4.69) is 0 Å². The van der Waals surface area contributed by atoms with Gasteiger partial charge in [0.2, 0.25) is 11.6 Å². The number of primary amides is 1. The van der Waals surface area contributed by atoms with Crippen LogP contribution in [0, 0.1) is 5.92 Å². The Labute approximate surface area is 143 Å². The molecule has 0 aromatic rings. The van der Waals surface area contributed by atoms with Crippen molar-refractivity contribution in [2.75, 3.05) is 27.3 Å². The predicted octanol–water partition coefficient (Wildman–Crippen LogP) is -1.28. The minimum atomic E-state index is -1.49. The average molecular weight is 349 g/mol. The number of carbonyl (C=O) groups is 3. The van der Waals surface area contributed by atoms with Crippen molar-refractivity contribution >= 4 is 17.7 Å². The summed E-state index contributed by atoms with van der Waals surface area (Å²) in [5.74, 6) is -1.73. The Morgan fingerprint density at radius 2 is 2.08 bits per heavy atom. The number of rotatable bonds is 3. The molecule has 1 aliphatic carbocycles. The molecule has 3 N–H and O–H groups in total. The Kier molecular flexibility index (Phi) is 3.11. The van der Waals surface area contributed by atoms with Crippen LogP contribution in [0.25, 0.3) is 0 Å². The van der Waals surface area contributed by atoms with E-state index in [1.165, 1.54) is 14.0 Å². The molecule has 5 atom stereocenters. The lowest BCUT2D eigenvalue weighted by Crippen LogP contribution is -2.53. The van der Waals surface area contributed by atoms with Crippen molar-refractivity contribution in [3.8, 4) is 0 Å². The van der Waals surface area contributed by atoms with E-state index in [4.69, 9.17) is 15.2 Å². The molecule has 9 heteroatoms. The van der Waals surface area contributed by atoms with Crippen molar-refractivity contribution in [2.24, 2.45) is 11.7 Å². The molecule has 1 amide bonds. The minimum absolute atomic E-state index is 0.0432. The molecule has 0 aromatic heterocycles. The number of allylic oxidation sites excluding steroid dienone is 2. The number of amides is 1. The highest BCUT2D eigenvalue weighted by molar-refractivity contribution is 6.25. The van der Waals surface area contributed by atoms with Crippen molar-refractivity contribution < 1.29 is 29.0 Å². The fourth-order valence-corrected chi connectivity index (χ4v) is 4.60. The van der Waals surface area contributed by atoms with Gasteiger partial charge in [-0.05, 0) is 14.0 Å². The molecule has 25 heavy (non-hydrogen) atoms. The third kappa shape index (κ3) is 1.77. The molecule has 0 radical (unpaired) electrons. The second-order valence-corrected chi connectivity index (χ2v) is 6.83. The van der Waals surface area contributed by atoms with Crippen LogP contribution in [0.1, 0.15) is 6.92 Å². The number of fused-ring (bicyclic) bond motifs is 4. The number of nitrogens with two attached hydrogens (primary N) is 1. The minimum Gasteiger partial charge on any atom is -0.492 e. The van der Waals surface area contributed by atoms with Crippen molar-refractivity contribution in [1.29, 1.82) is 0 Å². The molecular weight excluding hydrogens is 330 g/mol. The topological polar surface area (TPSA) is 122 Å². The summed E-state index contributed by atoms with van der Waals surface area (Å²) >= 11 is 0. The Bertz CT molecular complexity index is 787. The van der Waals surface area contributed by atoms with Gasteiger partial charge in [0.15, 0.2) is 11.5 Å². The standard InChI is InChI=1S/C16H19N3O6/c1-6-11(20)10-9(12(21)13(6)24-3)7(5-25-15(17)22)16(23)14-8(18(14)2)4-19(10)16/h7-8,14,23H,4-5H2,1-3H3,(H2,17,22)/t7-,8+,14+,16-,18?/m1/s1. The number of ether oxygens (including phenoxy) is 2. The second-order valence-electron chi connectivity index (χ2n) is 6.83. The summed E-state index contributed by atoms with van der Waals surface area (Å²) in [5, 5.41) is 11.4. The van der Waals surface area contributed by atoms with Crippen LogP contribution in [0.15, 0.2) is 22.6 Å². The third-order valence-electron chi connectivity index (χ3n) is 5.80. The average Bonchev–Trinajstić information content (AvgIpc) is 2.96. The molecule has 9 nitrogen and oxygen atoms in total. The highest BCUT2D eigenvalue weighted by Crippen LogP contribution is 2.57. The molecule has 0 saturated carbocycles. The van der Waals surface area contributed by atoms with Gasteiger partial charge >= 0.3 is 6.09 Å². The van der Waals surface area contributed by atoms with Gasteiger partial charge in [0.1, 0.15) is 6.61 Å². The van der Waals surface area contributed by atoms with Gasteiger partial charge in [-0.15, -0.1) is 0 Å². The number of carbonyl (C=O) groups excluding carboxylic acids is 3. The van der Waals surface area contributed by atoms with Crippen LogP contribution in [-0.4, -0.2) is 77.7 Å². The van der Waals surface area contributed by atoms with Crippen LogP contribution in [-0.2, 0) is 19.1 Å². The maximum Gasteiger partial charge on any atom is 0.404 e. The van der Waals surface area contributed by atoms with Gasteiger partial charge in [-0.1, -0.05) is 0 Å². The molecular formula is C16H19N3O6. The molecule has 0 aromatic carbocycles. The Balaban J connectivity index is 1.82. The van der Waals surface area contributed by atoms with Gasteiger partial charge in [0.05, 0.1) is 24.8 Å². The van der Waals surface area contributed by atoms with E-state index in [1.54, 1.807) is 4.90 Å². The first-order chi connectivity index (χ1) is 11.7. The maximum atomic E-state index is 12.9. The maximum absolute atomic E-state index is 12.9. The van der Waals surface area contributed by atoms with Gasteiger partial charge < -0.3 is 25.2 Å². The van der Waals surface area contributed by atoms with Crippen LogP contribution in [0.4, 0.5) is 4.79 Å². The zero-order chi connectivity index (χ0) is 18.3. The SMILES string of the molecule is COC1=C(C)C(=O)C2=C(C1=O)[C@@H](COC(N)=O)[C@@]1(O)[C@@H]3[C@H](CN21)N3C. The first-order valence-electron chi connectivity index (χ1n) is 7.97. The molecule has 3 aliphatic heterocycles. The summed E-state index contributed by atoms with van der Waals surface area (Å²) in [6.07, 6.45) is -1.00. The smallest absolute Gasteiger partial charge is 0.404 e. The van der Waals surface area contributed by atoms with E-state index < -0.39 is 23.5 Å². The predicted molar refractivity (Wildman–Crippen MR) is 82.8 cm³/mol. The fraction of sp³-hybridized carbons (Fsp3) is 0.562. The molecule has 4 rings (SSSR count). The fourth-order valence-electron chi connectivity index (χ4n) is 4.60. The van der Waals surface area contributed by atoms with Crippen LogP contribution in [0.2, 0.25) is 0 Å². The van der Waals surface area contributed by atoms with Crippen LogP contribution < -0.4 is 5.73 Å². The molecule has 0 spiro atoms. The summed E-state index contributed by atoms with van der Waals surface area (Å²) in [7, 11) is 3.18. The zero-order valence-electron chi connectivity index (χ0n) is 14.1. The number of ketones is 2. The Hall–Kier alpha value is -2.39. The lowest BCUT2D eigenvalue weighted by molar-refractivity contribution is -0.126. The van der Waals surface area contributed by atoms with Gasteiger partial charge in [-0.3, -0.25) is 14.5 Å². The Morgan fingerprint density at radius 3 is 2.68 bits per heavy atom. The van der Waals surface area contributed by atoms with E-state index in [0.29, 0.717) is 6.54 Å². The normalized spacial score (nSPS) is 38.6. The number of Topliss-reactive ketones (excluding diaryl/α,β-unsaturated/α-hetero) is 2. The van der Waals surface area contributed by atoms with Crippen molar-refractivity contribution in [3.05, 3.63) is 22.6 Å². The lowest BCUT2D eigenvalue weighted by Gasteiger charge is -2.37. The summed E-state index contributed by atoms with van der Waals surface area (Å²) in [4.78, 5) is 40.4. The van der Waals surface area contributed by atoms with Gasteiger partial charge in [-0.25, -0.2) is 4.79 Å². The van der Waals surface area contributed by atoms with E-state index in [-0.39, 0.29) is 47.1 Å².